The highest BCUT2D eigenvalue weighted by atomic mass is 35.5. The molecular weight excluding hydrogens is 290 g/mol. The third-order valence-electron chi connectivity index (χ3n) is 4.46. The highest BCUT2D eigenvalue weighted by Crippen LogP contribution is 2.39. The average Bonchev–Trinajstić information content (AvgIpc) is 2.54. The van der Waals surface area contributed by atoms with Crippen LogP contribution in [0.3, 0.4) is 0 Å². The smallest absolute Gasteiger partial charge is 0.0448 e. The summed E-state index contributed by atoms with van der Waals surface area (Å²) >= 11 is 6.54. The van der Waals surface area contributed by atoms with Crippen LogP contribution < -0.4 is 0 Å². The van der Waals surface area contributed by atoms with Gasteiger partial charge in [0.25, 0.3) is 0 Å². The van der Waals surface area contributed by atoms with Gasteiger partial charge >= 0.3 is 0 Å². The Morgan fingerprint density at radius 1 is 1.23 bits per heavy atom. The lowest BCUT2D eigenvalue weighted by Crippen LogP contribution is -2.33. The fourth-order valence-electron chi connectivity index (χ4n) is 3.27. The molecule has 0 spiro atoms. The monoisotopic (exact) mass is 309 g/mol. The lowest BCUT2D eigenvalue weighted by atomic mass is 9.82. The van der Waals surface area contributed by atoms with Gasteiger partial charge in [0.05, 0.1) is 0 Å². The van der Waals surface area contributed by atoms with E-state index in [0.29, 0.717) is 0 Å². The van der Waals surface area contributed by atoms with Gasteiger partial charge in [-0.25, -0.2) is 0 Å². The van der Waals surface area contributed by atoms with Crippen molar-refractivity contribution in [2.75, 3.05) is 6.54 Å². The molecule has 0 amide bonds. The van der Waals surface area contributed by atoms with Gasteiger partial charge in [0.15, 0.2) is 0 Å². The van der Waals surface area contributed by atoms with Gasteiger partial charge in [0, 0.05) is 29.7 Å². The minimum atomic E-state index is 0.260. The molecule has 0 radical (unpaired) electrons. The molecule has 0 N–H and O–H groups in total. The highest BCUT2D eigenvalue weighted by molar-refractivity contribution is 6.31. The van der Waals surface area contributed by atoms with Crippen molar-refractivity contribution in [1.29, 1.82) is 0 Å². The Bertz CT molecular complexity index is 732. The summed E-state index contributed by atoms with van der Waals surface area (Å²) in [4.78, 5) is 2.28. The number of benzene rings is 2. The summed E-state index contributed by atoms with van der Waals surface area (Å²) in [6.45, 7) is 11.9. The van der Waals surface area contributed by atoms with Crippen LogP contribution in [0.2, 0.25) is 5.02 Å². The lowest BCUT2D eigenvalue weighted by Gasteiger charge is -2.37. The summed E-state index contributed by atoms with van der Waals surface area (Å²) in [6.07, 6.45) is 1.82. The van der Waals surface area contributed by atoms with Crippen LogP contribution in [0.5, 0.6) is 0 Å². The molecule has 0 bridgehead atoms. The van der Waals surface area contributed by atoms with E-state index in [2.05, 4.69) is 55.3 Å². The molecule has 1 unspecified atom stereocenters. The topological polar surface area (TPSA) is 3.24 Å². The first-order valence-corrected chi connectivity index (χ1v) is 7.88. The van der Waals surface area contributed by atoms with E-state index >= 15 is 0 Å². The van der Waals surface area contributed by atoms with Crippen molar-refractivity contribution in [3.63, 3.8) is 0 Å². The Balaban J connectivity index is 2.14. The summed E-state index contributed by atoms with van der Waals surface area (Å²) in [7, 11) is 0. The predicted molar refractivity (Wildman–Crippen MR) is 94.2 cm³/mol. The van der Waals surface area contributed by atoms with E-state index in [1.54, 1.807) is 0 Å². The number of rotatable bonds is 3. The summed E-state index contributed by atoms with van der Waals surface area (Å²) < 4.78 is 0. The zero-order valence-corrected chi connectivity index (χ0v) is 13.6. The van der Waals surface area contributed by atoms with Gasteiger partial charge in [-0.05, 0) is 41.3 Å². The number of allylic oxidation sites excluding steroid dienone is 1. The number of hydrogen-bond acceptors (Lipinski definition) is 1. The van der Waals surface area contributed by atoms with Crippen molar-refractivity contribution in [3.05, 3.63) is 94.7 Å². The van der Waals surface area contributed by atoms with Crippen molar-refractivity contribution in [2.24, 2.45) is 0 Å². The Labute approximate surface area is 137 Å². The van der Waals surface area contributed by atoms with Crippen molar-refractivity contribution in [1.82, 2.24) is 4.90 Å². The number of aryl methyl sites for hydroxylation is 1. The van der Waals surface area contributed by atoms with Crippen molar-refractivity contribution in [2.45, 2.75) is 19.4 Å². The summed E-state index contributed by atoms with van der Waals surface area (Å²) in [5.41, 5.74) is 6.12. The van der Waals surface area contributed by atoms with E-state index < -0.39 is 0 Å². The maximum Gasteiger partial charge on any atom is 0.0448 e. The maximum atomic E-state index is 6.54. The van der Waals surface area contributed by atoms with Gasteiger partial charge < -0.3 is 4.90 Å². The van der Waals surface area contributed by atoms with Crippen LogP contribution in [-0.2, 0) is 6.54 Å². The molecule has 0 fully saturated rings. The van der Waals surface area contributed by atoms with Gasteiger partial charge in [0.2, 0.25) is 0 Å². The van der Waals surface area contributed by atoms with E-state index in [1.807, 2.05) is 18.2 Å². The quantitative estimate of drug-likeness (QED) is 0.696. The Morgan fingerprint density at radius 3 is 2.73 bits per heavy atom. The second-order valence-corrected chi connectivity index (χ2v) is 6.20. The Morgan fingerprint density at radius 2 is 2.00 bits per heavy atom. The zero-order valence-electron chi connectivity index (χ0n) is 12.8. The Hall–Kier alpha value is -1.99. The van der Waals surface area contributed by atoms with Crippen LogP contribution in [0, 0.1) is 6.92 Å². The molecule has 1 aliphatic rings. The number of fused-ring (bicyclic) bond motifs is 1. The molecule has 1 aliphatic heterocycles. The molecule has 1 atom stereocenters. The lowest BCUT2D eigenvalue weighted by molar-refractivity contribution is 0.314. The van der Waals surface area contributed by atoms with E-state index in [1.165, 1.54) is 22.3 Å². The van der Waals surface area contributed by atoms with Crippen LogP contribution in [-0.4, -0.2) is 11.4 Å². The van der Waals surface area contributed by atoms with E-state index in [0.717, 1.165) is 23.8 Å². The van der Waals surface area contributed by atoms with Gasteiger partial charge in [-0.3, -0.25) is 0 Å². The first kappa shape index (κ1) is 14.9. The van der Waals surface area contributed by atoms with Crippen LogP contribution in [0.15, 0.2) is 67.4 Å². The zero-order chi connectivity index (χ0) is 15.7. The fraction of sp³-hybridized carbons (Fsp3) is 0.200. The largest absolute Gasteiger partial charge is 0.367 e. The molecular formula is C20H20ClN. The molecule has 2 aromatic rings. The van der Waals surface area contributed by atoms with Crippen LogP contribution in [0.25, 0.3) is 0 Å². The highest BCUT2D eigenvalue weighted by Gasteiger charge is 2.29. The predicted octanol–water partition coefficient (Wildman–Crippen LogP) is 5.30. The molecule has 0 saturated heterocycles. The van der Waals surface area contributed by atoms with Crippen molar-refractivity contribution < 1.29 is 0 Å². The molecule has 0 saturated carbocycles. The standard InChI is InChI=1S/C20H20ClN/c1-4-15(3)22-12-16-9-7-11-19(21)20(16)18(13-22)17-10-6-5-8-14(17)2/h4-11,18H,1,3,12-13H2,2H3. The molecule has 2 heteroatoms. The number of hydrogen-bond donors (Lipinski definition) is 0. The van der Waals surface area contributed by atoms with Crippen LogP contribution in [0.1, 0.15) is 28.2 Å². The van der Waals surface area contributed by atoms with Gasteiger partial charge in [-0.15, -0.1) is 0 Å². The SMILES string of the molecule is C=CC(=C)N1Cc2cccc(Cl)c2C(c2ccccc2C)C1. The van der Waals surface area contributed by atoms with E-state index in [-0.39, 0.29) is 5.92 Å². The van der Waals surface area contributed by atoms with E-state index in [9.17, 15) is 0 Å². The average molecular weight is 310 g/mol. The molecule has 1 heterocycles. The van der Waals surface area contributed by atoms with E-state index in [4.69, 9.17) is 11.6 Å². The number of nitrogens with zero attached hydrogens (tertiary/aromatic N) is 1. The molecule has 1 nitrogen and oxygen atoms in total. The fourth-order valence-corrected chi connectivity index (χ4v) is 3.60. The van der Waals surface area contributed by atoms with Crippen molar-refractivity contribution in [3.8, 4) is 0 Å². The first-order valence-electron chi connectivity index (χ1n) is 7.51. The molecule has 0 aliphatic carbocycles. The third-order valence-corrected chi connectivity index (χ3v) is 4.79. The second kappa shape index (κ2) is 6.02. The molecule has 22 heavy (non-hydrogen) atoms. The summed E-state index contributed by atoms with van der Waals surface area (Å²) in [5.74, 6) is 0.260. The third kappa shape index (κ3) is 2.57. The molecule has 0 aromatic heterocycles. The maximum absolute atomic E-state index is 6.54. The summed E-state index contributed by atoms with van der Waals surface area (Å²) in [6, 6.07) is 14.7. The van der Waals surface area contributed by atoms with Crippen molar-refractivity contribution >= 4 is 11.6 Å². The van der Waals surface area contributed by atoms with Gasteiger partial charge in [0.1, 0.15) is 0 Å². The minimum absolute atomic E-state index is 0.260. The Kier molecular flexibility index (Phi) is 4.08. The van der Waals surface area contributed by atoms with Gasteiger partial charge in [-0.2, -0.15) is 0 Å². The van der Waals surface area contributed by atoms with Crippen LogP contribution >= 0.6 is 11.6 Å². The second-order valence-electron chi connectivity index (χ2n) is 5.80. The van der Waals surface area contributed by atoms with Crippen LogP contribution in [0.4, 0.5) is 0 Å². The molecule has 3 rings (SSSR count). The molecule has 112 valence electrons. The minimum Gasteiger partial charge on any atom is -0.367 e. The summed E-state index contributed by atoms with van der Waals surface area (Å²) in [5, 5.41) is 0.856. The normalized spacial score (nSPS) is 17.0. The molecule has 2 aromatic carbocycles. The number of halogens is 1. The first-order chi connectivity index (χ1) is 10.6. The van der Waals surface area contributed by atoms with Gasteiger partial charge in [-0.1, -0.05) is 61.2 Å².